The molecular weight excluding hydrogens is 306 g/mol. The predicted octanol–water partition coefficient (Wildman–Crippen LogP) is 3.04. The summed E-state index contributed by atoms with van der Waals surface area (Å²) in [6.45, 7) is 3.44. The fraction of sp³-hybridized carbons (Fsp3) is 0.167. The highest BCUT2D eigenvalue weighted by molar-refractivity contribution is 5.65. The number of ether oxygens (including phenoxy) is 1. The number of aromatic hydroxyl groups is 2. The summed E-state index contributed by atoms with van der Waals surface area (Å²) in [5, 5.41) is 46.3. The number of hydrogen-bond donors (Lipinski definition) is 2. The van der Waals surface area contributed by atoms with Crippen molar-refractivity contribution in [2.75, 3.05) is 0 Å². The average molecular weight is 319 g/mol. The van der Waals surface area contributed by atoms with Gasteiger partial charge in [-0.3, -0.25) is 0 Å². The van der Waals surface area contributed by atoms with Crippen LogP contribution in [-0.4, -0.2) is 15.8 Å². The highest BCUT2D eigenvalue weighted by atomic mass is 16.5. The Kier molecular flexibility index (Phi) is 4.31. The first-order valence-electron chi connectivity index (χ1n) is 6.92. The molecule has 0 unspecified atom stereocenters. The number of rotatable bonds is 2. The van der Waals surface area contributed by atoms with E-state index in [9.17, 15) is 15.5 Å². The maximum Gasteiger partial charge on any atom is 0.172 e. The monoisotopic (exact) mass is 319 g/mol. The van der Waals surface area contributed by atoms with Gasteiger partial charge in [0, 0.05) is 5.57 Å². The van der Waals surface area contributed by atoms with E-state index in [1.807, 2.05) is 6.07 Å². The lowest BCUT2D eigenvalue weighted by Gasteiger charge is -2.20. The molecule has 0 amide bonds. The van der Waals surface area contributed by atoms with Gasteiger partial charge in [0.25, 0.3) is 0 Å². The zero-order valence-electron chi connectivity index (χ0n) is 13.0. The molecule has 118 valence electrons. The minimum absolute atomic E-state index is 0.0271. The second-order valence-corrected chi connectivity index (χ2v) is 5.52. The summed E-state index contributed by atoms with van der Waals surface area (Å²) in [4.78, 5) is 0. The normalized spacial score (nSPS) is 15.5. The molecule has 1 aliphatic heterocycles. The lowest BCUT2D eigenvalue weighted by atomic mass is 9.94. The minimum atomic E-state index is -0.894. The van der Waals surface area contributed by atoms with Gasteiger partial charge in [0.1, 0.15) is 29.4 Å². The van der Waals surface area contributed by atoms with Crippen molar-refractivity contribution in [2.24, 2.45) is 0 Å². The molecule has 2 rings (SSSR count). The first-order valence-corrected chi connectivity index (χ1v) is 6.92. The van der Waals surface area contributed by atoms with Crippen LogP contribution in [0.3, 0.4) is 0 Å². The number of allylic oxidation sites excluding steroid dienone is 2. The van der Waals surface area contributed by atoms with Crippen LogP contribution in [0.2, 0.25) is 0 Å². The zero-order chi connectivity index (χ0) is 17.9. The summed E-state index contributed by atoms with van der Waals surface area (Å²) in [5.74, 6) is -0.516. The molecule has 0 fully saturated rings. The van der Waals surface area contributed by atoms with Crippen molar-refractivity contribution in [1.82, 2.24) is 0 Å². The minimum Gasteiger partial charge on any atom is -0.504 e. The molecule has 0 spiro atoms. The molecule has 0 bridgehead atoms. The Morgan fingerprint density at radius 3 is 2.29 bits per heavy atom. The summed E-state index contributed by atoms with van der Waals surface area (Å²) in [7, 11) is 0. The van der Waals surface area contributed by atoms with Crippen LogP contribution in [-0.2, 0) is 4.74 Å². The molecular formula is C18H13N3O3. The number of hydrogen-bond acceptors (Lipinski definition) is 6. The molecule has 6 nitrogen and oxygen atoms in total. The Hall–Kier alpha value is -3.69. The van der Waals surface area contributed by atoms with Gasteiger partial charge in [-0.05, 0) is 31.5 Å². The van der Waals surface area contributed by atoms with Crippen molar-refractivity contribution in [1.29, 1.82) is 15.8 Å². The Morgan fingerprint density at radius 2 is 1.75 bits per heavy atom. The van der Waals surface area contributed by atoms with E-state index >= 15 is 0 Å². The summed E-state index contributed by atoms with van der Waals surface area (Å²) in [6, 6.07) is 9.74. The third kappa shape index (κ3) is 2.92. The van der Waals surface area contributed by atoms with Gasteiger partial charge in [-0.2, -0.15) is 15.8 Å². The summed E-state index contributed by atoms with van der Waals surface area (Å²) in [5.41, 5.74) is 0.0803. The number of benzene rings is 1. The molecule has 1 heterocycles. The van der Waals surface area contributed by atoms with Gasteiger partial charge in [-0.1, -0.05) is 18.2 Å². The van der Waals surface area contributed by atoms with Crippen LogP contribution in [0, 0.1) is 34.0 Å². The standard InChI is InChI=1S/C18H13N3O3/c1-18(2)14(5-3-11-4-6-15(22)16(23)7-11)13(10-21)17(24-18)12(8-19)9-20/h3-7,22-23H,1-2H3/b5-3+. The van der Waals surface area contributed by atoms with Crippen LogP contribution in [0.15, 0.2) is 46.8 Å². The Morgan fingerprint density at radius 1 is 1.08 bits per heavy atom. The third-order valence-electron chi connectivity index (χ3n) is 3.51. The Balaban J connectivity index is 2.55. The number of nitrogens with zero attached hydrogens (tertiary/aromatic N) is 3. The van der Waals surface area contributed by atoms with Crippen LogP contribution in [0.5, 0.6) is 11.5 Å². The molecule has 6 heteroatoms. The predicted molar refractivity (Wildman–Crippen MR) is 84.9 cm³/mol. The molecule has 1 aliphatic rings. The summed E-state index contributed by atoms with van der Waals surface area (Å²) in [6.07, 6.45) is 3.27. The van der Waals surface area contributed by atoms with Crippen molar-refractivity contribution in [3.8, 4) is 29.7 Å². The van der Waals surface area contributed by atoms with Crippen molar-refractivity contribution >= 4 is 6.08 Å². The van der Waals surface area contributed by atoms with E-state index in [2.05, 4.69) is 0 Å². The van der Waals surface area contributed by atoms with Crippen molar-refractivity contribution in [3.05, 3.63) is 52.3 Å². The smallest absolute Gasteiger partial charge is 0.172 e. The summed E-state index contributed by atoms with van der Waals surface area (Å²) < 4.78 is 5.64. The van der Waals surface area contributed by atoms with Gasteiger partial charge in [-0.15, -0.1) is 0 Å². The molecule has 0 saturated carbocycles. The van der Waals surface area contributed by atoms with E-state index in [1.165, 1.54) is 12.1 Å². The van der Waals surface area contributed by atoms with E-state index in [4.69, 9.17) is 15.3 Å². The molecule has 0 radical (unpaired) electrons. The average Bonchev–Trinajstić information content (AvgIpc) is 2.80. The van der Waals surface area contributed by atoms with Gasteiger partial charge < -0.3 is 14.9 Å². The molecule has 1 aromatic rings. The Bertz CT molecular complexity index is 900. The van der Waals surface area contributed by atoms with Gasteiger partial charge >= 0.3 is 0 Å². The second-order valence-electron chi connectivity index (χ2n) is 5.52. The quantitative estimate of drug-likeness (QED) is 0.638. The maximum atomic E-state index is 9.52. The largest absolute Gasteiger partial charge is 0.504 e. The van der Waals surface area contributed by atoms with Gasteiger partial charge in [0.05, 0.1) is 0 Å². The van der Waals surface area contributed by atoms with E-state index in [-0.39, 0.29) is 28.4 Å². The summed E-state index contributed by atoms with van der Waals surface area (Å²) >= 11 is 0. The van der Waals surface area contributed by atoms with Crippen molar-refractivity contribution in [3.63, 3.8) is 0 Å². The second kappa shape index (κ2) is 6.20. The van der Waals surface area contributed by atoms with Crippen LogP contribution < -0.4 is 0 Å². The lowest BCUT2D eigenvalue weighted by Crippen LogP contribution is -2.20. The fourth-order valence-corrected chi connectivity index (χ4v) is 2.31. The third-order valence-corrected chi connectivity index (χ3v) is 3.51. The highest BCUT2D eigenvalue weighted by Crippen LogP contribution is 2.40. The number of phenols is 2. The molecule has 0 saturated heterocycles. The van der Waals surface area contributed by atoms with E-state index in [0.717, 1.165) is 0 Å². The van der Waals surface area contributed by atoms with Crippen LogP contribution >= 0.6 is 0 Å². The lowest BCUT2D eigenvalue weighted by molar-refractivity contribution is 0.0954. The molecule has 2 N–H and O–H groups in total. The molecule has 0 atom stereocenters. The van der Waals surface area contributed by atoms with Crippen LogP contribution in [0.1, 0.15) is 19.4 Å². The van der Waals surface area contributed by atoms with Gasteiger partial charge in [0.15, 0.2) is 22.8 Å². The van der Waals surface area contributed by atoms with Gasteiger partial charge in [0.2, 0.25) is 0 Å². The first-order chi connectivity index (χ1) is 11.3. The van der Waals surface area contributed by atoms with E-state index in [0.29, 0.717) is 11.1 Å². The van der Waals surface area contributed by atoms with Crippen molar-refractivity contribution in [2.45, 2.75) is 19.4 Å². The topological polar surface area (TPSA) is 121 Å². The van der Waals surface area contributed by atoms with Crippen LogP contribution in [0.4, 0.5) is 0 Å². The van der Waals surface area contributed by atoms with Crippen LogP contribution in [0.25, 0.3) is 6.08 Å². The molecule has 1 aromatic carbocycles. The molecule has 0 aromatic heterocycles. The SMILES string of the molecule is CC1(C)OC(=C(C#N)C#N)C(C#N)=C1/C=C/c1ccc(O)c(O)c1. The van der Waals surface area contributed by atoms with Gasteiger partial charge in [-0.25, -0.2) is 0 Å². The Labute approximate surface area is 139 Å². The van der Waals surface area contributed by atoms with Crippen molar-refractivity contribution < 1.29 is 14.9 Å². The van der Waals surface area contributed by atoms with E-state index in [1.54, 1.807) is 44.2 Å². The number of nitriles is 3. The van der Waals surface area contributed by atoms with E-state index < -0.39 is 5.60 Å². The zero-order valence-corrected chi connectivity index (χ0v) is 13.0. The molecule has 0 aliphatic carbocycles. The number of phenolic OH excluding ortho intramolecular Hbond substituents is 2. The fourth-order valence-electron chi connectivity index (χ4n) is 2.31. The maximum absolute atomic E-state index is 9.52. The molecule has 24 heavy (non-hydrogen) atoms. The highest BCUT2D eigenvalue weighted by Gasteiger charge is 2.38. The first kappa shape index (κ1) is 16.7.